The van der Waals surface area contributed by atoms with Gasteiger partial charge in [-0.2, -0.15) is 5.10 Å². The summed E-state index contributed by atoms with van der Waals surface area (Å²) in [5, 5.41) is 12.7. The number of rotatable bonds is 7. The number of hydrogen-bond donors (Lipinski definition) is 2. The van der Waals surface area contributed by atoms with Gasteiger partial charge in [0.1, 0.15) is 0 Å². The average Bonchev–Trinajstić information content (AvgIpc) is 3.47. The minimum absolute atomic E-state index is 0.0868. The molecular formula is C24H23N5O2S. The molecule has 0 unspecified atom stereocenters. The van der Waals surface area contributed by atoms with Gasteiger partial charge in [-0.1, -0.05) is 24.3 Å². The van der Waals surface area contributed by atoms with Crippen LogP contribution in [0.1, 0.15) is 40.6 Å². The Morgan fingerprint density at radius 1 is 1.16 bits per heavy atom. The molecule has 3 heterocycles. The van der Waals surface area contributed by atoms with Crippen molar-refractivity contribution in [2.45, 2.75) is 19.9 Å². The van der Waals surface area contributed by atoms with Crippen LogP contribution in [0.3, 0.4) is 0 Å². The first-order valence-corrected chi connectivity index (χ1v) is 11.1. The van der Waals surface area contributed by atoms with Crippen LogP contribution in [0, 0.1) is 0 Å². The number of para-hydroxylation sites is 1. The number of anilines is 1. The van der Waals surface area contributed by atoms with Gasteiger partial charge in [0.05, 0.1) is 39.0 Å². The second-order valence-electron chi connectivity index (χ2n) is 7.45. The first-order chi connectivity index (χ1) is 15.5. The Morgan fingerprint density at radius 2 is 1.97 bits per heavy atom. The Balaban J connectivity index is 1.76. The van der Waals surface area contributed by atoms with Gasteiger partial charge >= 0.3 is 0 Å². The minimum Gasteiger partial charge on any atom is -0.349 e. The van der Waals surface area contributed by atoms with Crippen molar-refractivity contribution in [2.24, 2.45) is 0 Å². The predicted octanol–water partition coefficient (Wildman–Crippen LogP) is 4.91. The molecule has 0 atom stereocenters. The second-order valence-corrected chi connectivity index (χ2v) is 8.40. The number of carbonyl (C=O) groups excluding carboxylic acids is 2. The first kappa shape index (κ1) is 21.5. The lowest BCUT2D eigenvalue weighted by molar-refractivity contribution is 0.0959. The highest BCUT2D eigenvalue weighted by atomic mass is 32.1. The first-order valence-electron chi connectivity index (χ1n) is 10.2. The van der Waals surface area contributed by atoms with E-state index in [9.17, 15) is 9.59 Å². The Kier molecular flexibility index (Phi) is 6.13. The number of fused-ring (bicyclic) bond motifs is 1. The zero-order valence-electron chi connectivity index (χ0n) is 17.8. The van der Waals surface area contributed by atoms with Crippen molar-refractivity contribution in [3.63, 3.8) is 0 Å². The molecule has 4 rings (SSSR count). The number of nitrogens with one attached hydrogen (secondary N) is 2. The molecule has 0 radical (unpaired) electrons. The van der Waals surface area contributed by atoms with Crippen molar-refractivity contribution in [1.29, 1.82) is 0 Å². The third-order valence-electron chi connectivity index (χ3n) is 4.90. The molecule has 0 saturated carbocycles. The Morgan fingerprint density at radius 3 is 2.69 bits per heavy atom. The lowest BCUT2D eigenvalue weighted by Gasteiger charge is -2.13. The number of nitrogens with zero attached hydrogens (tertiary/aromatic N) is 3. The molecule has 0 bridgehead atoms. The van der Waals surface area contributed by atoms with Crippen LogP contribution in [-0.2, 0) is 0 Å². The molecule has 0 spiro atoms. The van der Waals surface area contributed by atoms with E-state index in [4.69, 9.17) is 4.98 Å². The van der Waals surface area contributed by atoms with E-state index in [1.165, 1.54) is 0 Å². The van der Waals surface area contributed by atoms with Gasteiger partial charge in [0.25, 0.3) is 11.8 Å². The lowest BCUT2D eigenvalue weighted by atomic mass is 10.1. The molecule has 1 aromatic carbocycles. The van der Waals surface area contributed by atoms with Crippen molar-refractivity contribution in [1.82, 2.24) is 20.1 Å². The van der Waals surface area contributed by atoms with E-state index in [0.29, 0.717) is 40.1 Å². The number of benzene rings is 1. The van der Waals surface area contributed by atoms with Crippen molar-refractivity contribution >= 4 is 39.9 Å². The van der Waals surface area contributed by atoms with Crippen LogP contribution < -0.4 is 10.6 Å². The second kappa shape index (κ2) is 9.15. The standard InChI is InChI=1S/C24H23N5O2S/c1-4-11-25-23(30)16-8-5-6-9-19(16)28-24(31)17-13-20(21-10-7-12-32-21)27-22-18(17)14-26-29(22)15(2)3/h4-10,12-15H,1,11H2,2-3H3,(H,25,30)(H,28,31). The van der Waals surface area contributed by atoms with E-state index < -0.39 is 0 Å². The summed E-state index contributed by atoms with van der Waals surface area (Å²) in [6, 6.07) is 12.7. The Hall–Kier alpha value is -3.78. The normalized spacial score (nSPS) is 11.0. The molecule has 0 saturated heterocycles. The third kappa shape index (κ3) is 4.17. The largest absolute Gasteiger partial charge is 0.349 e. The van der Waals surface area contributed by atoms with Crippen LogP contribution in [-0.4, -0.2) is 33.1 Å². The monoisotopic (exact) mass is 445 g/mol. The van der Waals surface area contributed by atoms with E-state index in [0.717, 1.165) is 4.88 Å². The number of carbonyl (C=O) groups is 2. The molecule has 32 heavy (non-hydrogen) atoms. The molecular weight excluding hydrogens is 422 g/mol. The Bertz CT molecular complexity index is 1290. The van der Waals surface area contributed by atoms with Gasteiger partial charge in [0.2, 0.25) is 0 Å². The molecule has 2 amide bonds. The van der Waals surface area contributed by atoms with Crippen molar-refractivity contribution in [2.75, 3.05) is 11.9 Å². The molecule has 8 heteroatoms. The quantitative estimate of drug-likeness (QED) is 0.396. The maximum Gasteiger partial charge on any atom is 0.256 e. The number of thiophene rings is 1. The van der Waals surface area contributed by atoms with E-state index in [2.05, 4.69) is 22.3 Å². The summed E-state index contributed by atoms with van der Waals surface area (Å²) in [6.45, 7) is 7.99. The van der Waals surface area contributed by atoms with Gasteiger partial charge in [-0.3, -0.25) is 9.59 Å². The molecule has 3 aromatic heterocycles. The van der Waals surface area contributed by atoms with Gasteiger partial charge in [0.15, 0.2) is 5.65 Å². The fraction of sp³-hybridized carbons (Fsp3) is 0.167. The average molecular weight is 446 g/mol. The molecule has 7 nitrogen and oxygen atoms in total. The summed E-state index contributed by atoms with van der Waals surface area (Å²) in [7, 11) is 0. The van der Waals surface area contributed by atoms with Gasteiger partial charge in [-0.15, -0.1) is 17.9 Å². The SMILES string of the molecule is C=CCNC(=O)c1ccccc1NC(=O)c1cc(-c2cccs2)nc2c1cnn2C(C)C. The lowest BCUT2D eigenvalue weighted by Crippen LogP contribution is -2.25. The minimum atomic E-state index is -0.331. The number of aromatic nitrogens is 3. The van der Waals surface area contributed by atoms with Crippen LogP contribution in [0.5, 0.6) is 0 Å². The van der Waals surface area contributed by atoms with Gasteiger partial charge < -0.3 is 10.6 Å². The smallest absolute Gasteiger partial charge is 0.256 e. The number of hydrogen-bond acceptors (Lipinski definition) is 5. The molecule has 0 aliphatic carbocycles. The predicted molar refractivity (Wildman–Crippen MR) is 128 cm³/mol. The van der Waals surface area contributed by atoms with E-state index in [1.807, 2.05) is 31.4 Å². The summed E-state index contributed by atoms with van der Waals surface area (Å²) < 4.78 is 1.81. The van der Waals surface area contributed by atoms with E-state index >= 15 is 0 Å². The molecule has 4 aromatic rings. The topological polar surface area (TPSA) is 88.9 Å². The van der Waals surface area contributed by atoms with Crippen LogP contribution in [0.2, 0.25) is 0 Å². The number of amides is 2. The maximum absolute atomic E-state index is 13.4. The van der Waals surface area contributed by atoms with Gasteiger partial charge in [-0.05, 0) is 43.5 Å². The van der Waals surface area contributed by atoms with Gasteiger partial charge in [-0.25, -0.2) is 9.67 Å². The van der Waals surface area contributed by atoms with E-state index in [1.54, 1.807) is 58.6 Å². The fourth-order valence-electron chi connectivity index (χ4n) is 3.37. The highest BCUT2D eigenvalue weighted by Gasteiger charge is 2.20. The van der Waals surface area contributed by atoms with E-state index in [-0.39, 0.29) is 17.9 Å². The molecule has 0 aliphatic rings. The summed E-state index contributed by atoms with van der Waals surface area (Å²) >= 11 is 1.55. The molecule has 162 valence electrons. The highest BCUT2D eigenvalue weighted by molar-refractivity contribution is 7.13. The van der Waals surface area contributed by atoms with Crippen LogP contribution in [0.4, 0.5) is 5.69 Å². The van der Waals surface area contributed by atoms with Crippen molar-refractivity contribution in [3.05, 3.63) is 77.8 Å². The fourth-order valence-corrected chi connectivity index (χ4v) is 4.06. The van der Waals surface area contributed by atoms with Crippen molar-refractivity contribution in [3.8, 4) is 10.6 Å². The van der Waals surface area contributed by atoms with Gasteiger partial charge in [0, 0.05) is 12.6 Å². The van der Waals surface area contributed by atoms with Crippen LogP contribution in [0.15, 0.2) is 66.7 Å². The highest BCUT2D eigenvalue weighted by Crippen LogP contribution is 2.29. The molecule has 0 aliphatic heterocycles. The van der Waals surface area contributed by atoms with Crippen LogP contribution >= 0.6 is 11.3 Å². The molecule has 0 fully saturated rings. The Labute approximate surface area is 189 Å². The van der Waals surface area contributed by atoms with Crippen LogP contribution in [0.25, 0.3) is 21.6 Å². The summed E-state index contributed by atoms with van der Waals surface area (Å²) in [5.74, 6) is -0.616. The third-order valence-corrected chi connectivity index (χ3v) is 5.79. The molecule has 2 N–H and O–H groups in total. The zero-order chi connectivity index (χ0) is 22.7. The summed E-state index contributed by atoms with van der Waals surface area (Å²) in [5.41, 5.74) is 2.61. The zero-order valence-corrected chi connectivity index (χ0v) is 18.6. The maximum atomic E-state index is 13.4. The van der Waals surface area contributed by atoms with Crippen molar-refractivity contribution < 1.29 is 9.59 Å². The number of pyridine rings is 1. The summed E-state index contributed by atoms with van der Waals surface area (Å²) in [4.78, 5) is 31.7. The summed E-state index contributed by atoms with van der Waals surface area (Å²) in [6.07, 6.45) is 3.27.